The Morgan fingerprint density at radius 1 is 1.53 bits per heavy atom. The van der Waals surface area contributed by atoms with E-state index in [0.717, 1.165) is 32.1 Å². The second kappa shape index (κ2) is 9.31. The fourth-order valence-electron chi connectivity index (χ4n) is 1.40. The largest absolute Gasteiger partial charge is 0.465 e. The minimum atomic E-state index is -0.923. The molecule has 0 aliphatic carbocycles. The molecular formula is C12H21NO2. The van der Waals surface area contributed by atoms with E-state index < -0.39 is 6.09 Å². The van der Waals surface area contributed by atoms with Crippen molar-refractivity contribution >= 4 is 6.09 Å². The van der Waals surface area contributed by atoms with E-state index in [1.807, 2.05) is 13.0 Å². The van der Waals surface area contributed by atoms with Crippen LogP contribution in [0, 0.1) is 0 Å². The van der Waals surface area contributed by atoms with Gasteiger partial charge in [0.1, 0.15) is 0 Å². The molecule has 0 radical (unpaired) electrons. The van der Waals surface area contributed by atoms with Gasteiger partial charge in [-0.2, -0.15) is 0 Å². The van der Waals surface area contributed by atoms with Crippen LogP contribution in [0.3, 0.4) is 0 Å². The summed E-state index contributed by atoms with van der Waals surface area (Å²) in [5.41, 5.74) is 0. The van der Waals surface area contributed by atoms with Gasteiger partial charge in [-0.05, 0) is 25.7 Å². The van der Waals surface area contributed by atoms with E-state index in [-0.39, 0.29) is 6.04 Å². The van der Waals surface area contributed by atoms with Crippen molar-refractivity contribution in [2.24, 2.45) is 0 Å². The Morgan fingerprint density at radius 3 is 2.80 bits per heavy atom. The minimum absolute atomic E-state index is 0.103. The molecule has 0 aliphatic rings. The van der Waals surface area contributed by atoms with Crippen LogP contribution in [0.4, 0.5) is 4.79 Å². The third-order valence-corrected chi connectivity index (χ3v) is 2.27. The molecule has 0 bridgehead atoms. The molecule has 0 aromatic heterocycles. The molecule has 1 atom stereocenters. The highest BCUT2D eigenvalue weighted by atomic mass is 16.4. The Balaban J connectivity index is 3.50. The summed E-state index contributed by atoms with van der Waals surface area (Å²) < 4.78 is 0. The summed E-state index contributed by atoms with van der Waals surface area (Å²) in [6.07, 6.45) is 9.83. The summed E-state index contributed by atoms with van der Waals surface area (Å²) >= 11 is 0. The van der Waals surface area contributed by atoms with E-state index >= 15 is 0 Å². The normalized spacial score (nSPS) is 12.6. The van der Waals surface area contributed by atoms with Crippen LogP contribution in [0.15, 0.2) is 24.8 Å². The van der Waals surface area contributed by atoms with Gasteiger partial charge >= 0.3 is 6.09 Å². The van der Waals surface area contributed by atoms with E-state index in [2.05, 4.69) is 18.0 Å². The molecule has 3 nitrogen and oxygen atoms in total. The lowest BCUT2D eigenvalue weighted by molar-refractivity contribution is 0.188. The maximum absolute atomic E-state index is 10.4. The van der Waals surface area contributed by atoms with Crippen molar-refractivity contribution in [3.05, 3.63) is 24.8 Å². The Labute approximate surface area is 91.9 Å². The maximum atomic E-state index is 10.4. The van der Waals surface area contributed by atoms with Crippen molar-refractivity contribution in [1.82, 2.24) is 5.32 Å². The molecule has 3 heteroatoms. The summed E-state index contributed by atoms with van der Waals surface area (Å²) in [7, 11) is 0. The van der Waals surface area contributed by atoms with E-state index in [1.165, 1.54) is 0 Å². The van der Waals surface area contributed by atoms with E-state index in [9.17, 15) is 4.79 Å². The summed E-state index contributed by atoms with van der Waals surface area (Å²) in [5.74, 6) is 0. The number of amides is 1. The van der Waals surface area contributed by atoms with Crippen molar-refractivity contribution < 1.29 is 9.90 Å². The molecule has 2 N–H and O–H groups in total. The van der Waals surface area contributed by atoms with Crippen LogP contribution in [0.1, 0.15) is 39.0 Å². The molecule has 0 saturated heterocycles. The Kier molecular flexibility index (Phi) is 8.53. The molecule has 0 saturated carbocycles. The second-order valence-corrected chi connectivity index (χ2v) is 3.50. The monoisotopic (exact) mass is 211 g/mol. The molecule has 86 valence electrons. The lowest BCUT2D eigenvalue weighted by Gasteiger charge is -2.13. The summed E-state index contributed by atoms with van der Waals surface area (Å²) in [4.78, 5) is 10.4. The average molecular weight is 211 g/mol. The van der Waals surface area contributed by atoms with Gasteiger partial charge in [-0.1, -0.05) is 38.2 Å². The molecule has 0 rings (SSSR count). The van der Waals surface area contributed by atoms with Crippen molar-refractivity contribution in [3.63, 3.8) is 0 Å². The van der Waals surface area contributed by atoms with Crippen LogP contribution in [0.5, 0.6) is 0 Å². The van der Waals surface area contributed by atoms with Gasteiger partial charge in [0.2, 0.25) is 0 Å². The number of carbonyl (C=O) groups is 1. The average Bonchev–Trinajstić information content (AvgIpc) is 2.20. The van der Waals surface area contributed by atoms with Crippen LogP contribution in [-0.2, 0) is 0 Å². The maximum Gasteiger partial charge on any atom is 0.404 e. The highest BCUT2D eigenvalue weighted by Gasteiger charge is 2.07. The second-order valence-electron chi connectivity index (χ2n) is 3.50. The molecule has 15 heavy (non-hydrogen) atoms. The van der Waals surface area contributed by atoms with Crippen molar-refractivity contribution in [2.45, 2.75) is 45.1 Å². The van der Waals surface area contributed by atoms with Crippen LogP contribution in [-0.4, -0.2) is 17.2 Å². The van der Waals surface area contributed by atoms with Gasteiger partial charge in [0.25, 0.3) is 0 Å². The van der Waals surface area contributed by atoms with E-state index in [4.69, 9.17) is 5.11 Å². The summed E-state index contributed by atoms with van der Waals surface area (Å²) in [6, 6.07) is 0.103. The van der Waals surface area contributed by atoms with Gasteiger partial charge in [-0.15, -0.1) is 0 Å². The molecule has 0 fully saturated rings. The van der Waals surface area contributed by atoms with Gasteiger partial charge in [0.05, 0.1) is 0 Å². The molecule has 0 aliphatic heterocycles. The van der Waals surface area contributed by atoms with Crippen LogP contribution in [0.2, 0.25) is 0 Å². The Morgan fingerprint density at radius 2 is 2.27 bits per heavy atom. The van der Waals surface area contributed by atoms with Crippen LogP contribution in [0.25, 0.3) is 0 Å². The van der Waals surface area contributed by atoms with Gasteiger partial charge < -0.3 is 10.4 Å². The molecule has 0 aromatic rings. The number of hydrogen-bond donors (Lipinski definition) is 2. The van der Waals surface area contributed by atoms with Gasteiger partial charge in [-0.25, -0.2) is 4.79 Å². The van der Waals surface area contributed by atoms with Crippen molar-refractivity contribution in [3.8, 4) is 0 Å². The third-order valence-electron chi connectivity index (χ3n) is 2.27. The fourth-order valence-corrected chi connectivity index (χ4v) is 1.40. The van der Waals surface area contributed by atoms with E-state index in [0.29, 0.717) is 0 Å². The standard InChI is InChI=1S/C12H21NO2/c1-3-5-6-7-8-9-10-11(4-2)13-12(14)15/h3,5-6,11,13H,1,4,7-10H2,2H3,(H,14,15). The number of carboxylic acid groups (broad SMARTS) is 1. The first-order chi connectivity index (χ1) is 7.20. The topological polar surface area (TPSA) is 49.3 Å². The first-order valence-electron chi connectivity index (χ1n) is 5.47. The summed E-state index contributed by atoms with van der Waals surface area (Å²) in [5, 5.41) is 11.1. The predicted octanol–water partition coefficient (Wildman–Crippen LogP) is 3.34. The quantitative estimate of drug-likeness (QED) is 0.478. The zero-order chi connectivity index (χ0) is 11.5. The lowest BCUT2D eigenvalue weighted by atomic mass is 10.1. The summed E-state index contributed by atoms with van der Waals surface area (Å²) in [6.45, 7) is 5.59. The highest BCUT2D eigenvalue weighted by molar-refractivity contribution is 5.64. The third kappa shape index (κ3) is 9.06. The Bertz CT molecular complexity index is 212. The van der Waals surface area contributed by atoms with Crippen molar-refractivity contribution in [1.29, 1.82) is 0 Å². The van der Waals surface area contributed by atoms with Gasteiger partial charge in [0.15, 0.2) is 0 Å². The van der Waals surface area contributed by atoms with Crippen molar-refractivity contribution in [2.75, 3.05) is 0 Å². The van der Waals surface area contributed by atoms with Gasteiger partial charge in [0, 0.05) is 6.04 Å². The molecule has 0 aromatic carbocycles. The molecular weight excluding hydrogens is 190 g/mol. The molecule has 0 spiro atoms. The lowest BCUT2D eigenvalue weighted by Crippen LogP contribution is -2.32. The first kappa shape index (κ1) is 13.8. The number of unbranched alkanes of at least 4 members (excludes halogenated alkanes) is 2. The Hall–Kier alpha value is -1.25. The van der Waals surface area contributed by atoms with Crippen LogP contribution >= 0.6 is 0 Å². The molecule has 1 amide bonds. The highest BCUT2D eigenvalue weighted by Crippen LogP contribution is 2.06. The molecule has 0 heterocycles. The molecule has 1 unspecified atom stereocenters. The van der Waals surface area contributed by atoms with E-state index in [1.54, 1.807) is 6.08 Å². The number of allylic oxidation sites excluding steroid dienone is 3. The minimum Gasteiger partial charge on any atom is -0.465 e. The van der Waals surface area contributed by atoms with Crippen LogP contribution < -0.4 is 5.32 Å². The number of nitrogens with one attached hydrogen (secondary N) is 1. The fraction of sp³-hybridized carbons (Fsp3) is 0.583. The van der Waals surface area contributed by atoms with Gasteiger partial charge in [-0.3, -0.25) is 0 Å². The first-order valence-corrected chi connectivity index (χ1v) is 5.47. The number of rotatable bonds is 8. The predicted molar refractivity (Wildman–Crippen MR) is 63.0 cm³/mol. The SMILES string of the molecule is C=CC=CCCCCC(CC)NC(=O)O. The zero-order valence-corrected chi connectivity index (χ0v) is 9.41. The zero-order valence-electron chi connectivity index (χ0n) is 9.41. The smallest absolute Gasteiger partial charge is 0.404 e. The number of hydrogen-bond acceptors (Lipinski definition) is 1.